The summed E-state index contributed by atoms with van der Waals surface area (Å²) in [7, 11) is 3.52. The van der Waals surface area contributed by atoms with Gasteiger partial charge in [-0.3, -0.25) is 4.79 Å². The van der Waals surface area contributed by atoms with E-state index < -0.39 is 0 Å². The number of anilines is 2. The van der Waals surface area contributed by atoms with E-state index in [1.54, 1.807) is 31.1 Å². The van der Waals surface area contributed by atoms with E-state index in [0.717, 1.165) is 12.2 Å². The van der Waals surface area contributed by atoms with Crippen molar-refractivity contribution < 1.29 is 4.79 Å². The standard InChI is InChI=1S/C14H23N3O/c1-6-17(10(2)3)13-9-11(15)7-8-12(13)14(18)16(4)5/h7-10H,6,15H2,1-5H3. The van der Waals surface area contributed by atoms with E-state index in [0.29, 0.717) is 17.3 Å². The molecule has 0 atom stereocenters. The number of nitrogens with two attached hydrogens (primary N) is 1. The van der Waals surface area contributed by atoms with Crippen LogP contribution in [0, 0.1) is 0 Å². The van der Waals surface area contributed by atoms with Crippen LogP contribution in [-0.2, 0) is 0 Å². The molecule has 100 valence electrons. The van der Waals surface area contributed by atoms with E-state index in [2.05, 4.69) is 25.7 Å². The third-order valence-electron chi connectivity index (χ3n) is 2.93. The van der Waals surface area contributed by atoms with Crippen molar-refractivity contribution in [3.63, 3.8) is 0 Å². The van der Waals surface area contributed by atoms with Crippen LogP contribution in [0.2, 0.25) is 0 Å². The zero-order valence-corrected chi connectivity index (χ0v) is 11.9. The maximum absolute atomic E-state index is 12.2. The molecule has 0 radical (unpaired) electrons. The molecule has 0 saturated heterocycles. The van der Waals surface area contributed by atoms with E-state index in [4.69, 9.17) is 5.73 Å². The third kappa shape index (κ3) is 2.94. The van der Waals surface area contributed by atoms with Gasteiger partial charge in [-0.25, -0.2) is 0 Å². The Labute approximate surface area is 109 Å². The minimum Gasteiger partial charge on any atom is -0.399 e. The van der Waals surface area contributed by atoms with Crippen molar-refractivity contribution in [1.29, 1.82) is 0 Å². The van der Waals surface area contributed by atoms with E-state index in [-0.39, 0.29) is 5.91 Å². The van der Waals surface area contributed by atoms with Crippen molar-refractivity contribution in [3.8, 4) is 0 Å². The van der Waals surface area contributed by atoms with Gasteiger partial charge in [-0.15, -0.1) is 0 Å². The van der Waals surface area contributed by atoms with Crippen molar-refractivity contribution in [3.05, 3.63) is 23.8 Å². The summed E-state index contributed by atoms with van der Waals surface area (Å²) in [5, 5.41) is 0. The van der Waals surface area contributed by atoms with Crippen molar-refractivity contribution in [2.45, 2.75) is 26.8 Å². The molecule has 0 aromatic heterocycles. The van der Waals surface area contributed by atoms with Crippen LogP contribution in [0.5, 0.6) is 0 Å². The molecule has 0 aliphatic rings. The number of carbonyl (C=O) groups is 1. The maximum Gasteiger partial charge on any atom is 0.255 e. The Balaban J connectivity index is 3.31. The molecule has 1 aromatic carbocycles. The second-order valence-electron chi connectivity index (χ2n) is 4.86. The summed E-state index contributed by atoms with van der Waals surface area (Å²) in [5.41, 5.74) is 8.13. The van der Waals surface area contributed by atoms with Gasteiger partial charge >= 0.3 is 0 Å². The Hall–Kier alpha value is -1.71. The topological polar surface area (TPSA) is 49.6 Å². The minimum atomic E-state index is 0.00380. The number of benzene rings is 1. The molecule has 0 saturated carbocycles. The van der Waals surface area contributed by atoms with E-state index in [1.165, 1.54) is 0 Å². The highest BCUT2D eigenvalue weighted by Crippen LogP contribution is 2.26. The van der Waals surface area contributed by atoms with Crippen LogP contribution in [0.15, 0.2) is 18.2 Å². The SMILES string of the molecule is CCN(c1cc(N)ccc1C(=O)N(C)C)C(C)C. The first kappa shape index (κ1) is 14.4. The summed E-state index contributed by atoms with van der Waals surface area (Å²) >= 11 is 0. The number of carbonyl (C=O) groups excluding carboxylic acids is 1. The van der Waals surface area contributed by atoms with Gasteiger partial charge in [-0.05, 0) is 39.0 Å². The van der Waals surface area contributed by atoms with Crippen LogP contribution < -0.4 is 10.6 Å². The fourth-order valence-corrected chi connectivity index (χ4v) is 2.02. The highest BCUT2D eigenvalue weighted by Gasteiger charge is 2.19. The van der Waals surface area contributed by atoms with Crippen LogP contribution in [0.25, 0.3) is 0 Å². The summed E-state index contributed by atoms with van der Waals surface area (Å²) in [5.74, 6) is 0.00380. The number of hydrogen-bond acceptors (Lipinski definition) is 3. The van der Waals surface area contributed by atoms with Crippen molar-refractivity contribution in [1.82, 2.24) is 4.90 Å². The van der Waals surface area contributed by atoms with Crippen molar-refractivity contribution in [2.24, 2.45) is 0 Å². The second kappa shape index (κ2) is 5.76. The smallest absolute Gasteiger partial charge is 0.255 e. The Kier molecular flexibility index (Phi) is 4.59. The Morgan fingerprint density at radius 1 is 1.33 bits per heavy atom. The van der Waals surface area contributed by atoms with Gasteiger partial charge in [-0.1, -0.05) is 0 Å². The van der Waals surface area contributed by atoms with Gasteiger partial charge in [0, 0.05) is 32.4 Å². The summed E-state index contributed by atoms with van der Waals surface area (Å²) < 4.78 is 0. The van der Waals surface area contributed by atoms with Gasteiger partial charge in [0.2, 0.25) is 0 Å². The number of hydrogen-bond donors (Lipinski definition) is 1. The lowest BCUT2D eigenvalue weighted by Crippen LogP contribution is -2.33. The predicted octanol–water partition coefficient (Wildman–Crippen LogP) is 2.21. The number of amides is 1. The molecule has 1 aromatic rings. The van der Waals surface area contributed by atoms with Crippen molar-refractivity contribution >= 4 is 17.3 Å². The molecule has 1 amide bonds. The third-order valence-corrected chi connectivity index (χ3v) is 2.93. The highest BCUT2D eigenvalue weighted by atomic mass is 16.2. The lowest BCUT2D eigenvalue weighted by Gasteiger charge is -2.30. The zero-order chi connectivity index (χ0) is 13.9. The quantitative estimate of drug-likeness (QED) is 0.832. The summed E-state index contributed by atoms with van der Waals surface area (Å²) in [6, 6.07) is 5.78. The number of nitrogens with zero attached hydrogens (tertiary/aromatic N) is 2. The normalized spacial score (nSPS) is 10.6. The molecule has 0 unspecified atom stereocenters. The van der Waals surface area contributed by atoms with Gasteiger partial charge < -0.3 is 15.5 Å². The first-order chi connectivity index (χ1) is 8.38. The lowest BCUT2D eigenvalue weighted by atomic mass is 10.1. The molecule has 0 heterocycles. The highest BCUT2D eigenvalue weighted by molar-refractivity contribution is 6.00. The van der Waals surface area contributed by atoms with Gasteiger partial charge in [0.15, 0.2) is 0 Å². The molecule has 18 heavy (non-hydrogen) atoms. The van der Waals surface area contributed by atoms with Gasteiger partial charge in [0.1, 0.15) is 0 Å². The second-order valence-corrected chi connectivity index (χ2v) is 4.86. The Bertz CT molecular complexity index is 427. The first-order valence-electron chi connectivity index (χ1n) is 6.26. The molecule has 2 N–H and O–H groups in total. The molecule has 0 aliphatic heterocycles. The molecule has 0 aliphatic carbocycles. The van der Waals surface area contributed by atoms with Gasteiger partial charge in [-0.2, -0.15) is 0 Å². The minimum absolute atomic E-state index is 0.00380. The molecule has 1 rings (SSSR count). The monoisotopic (exact) mass is 249 g/mol. The molecule has 0 spiro atoms. The van der Waals surface area contributed by atoms with Gasteiger partial charge in [0.25, 0.3) is 5.91 Å². The summed E-state index contributed by atoms with van der Waals surface area (Å²) in [4.78, 5) is 15.9. The lowest BCUT2D eigenvalue weighted by molar-refractivity contribution is 0.0828. The van der Waals surface area contributed by atoms with E-state index in [1.807, 2.05) is 6.07 Å². The van der Waals surface area contributed by atoms with E-state index >= 15 is 0 Å². The Morgan fingerprint density at radius 2 is 1.94 bits per heavy atom. The maximum atomic E-state index is 12.2. The van der Waals surface area contributed by atoms with Crippen LogP contribution in [0.4, 0.5) is 11.4 Å². The first-order valence-corrected chi connectivity index (χ1v) is 6.26. The molecular formula is C14H23N3O. The summed E-state index contributed by atoms with van der Waals surface area (Å²) in [6.07, 6.45) is 0. The van der Waals surface area contributed by atoms with Gasteiger partial charge in [0.05, 0.1) is 11.3 Å². The molecule has 0 bridgehead atoms. The molecule has 4 heteroatoms. The molecule has 4 nitrogen and oxygen atoms in total. The van der Waals surface area contributed by atoms with Crippen LogP contribution in [0.3, 0.4) is 0 Å². The Morgan fingerprint density at radius 3 is 2.39 bits per heavy atom. The number of rotatable bonds is 4. The van der Waals surface area contributed by atoms with Crippen LogP contribution in [0.1, 0.15) is 31.1 Å². The fraction of sp³-hybridized carbons (Fsp3) is 0.500. The van der Waals surface area contributed by atoms with Crippen LogP contribution in [-0.4, -0.2) is 37.5 Å². The zero-order valence-electron chi connectivity index (χ0n) is 11.9. The van der Waals surface area contributed by atoms with E-state index in [9.17, 15) is 4.79 Å². The molecular weight excluding hydrogens is 226 g/mol. The number of nitrogen functional groups attached to an aromatic ring is 1. The average molecular weight is 249 g/mol. The summed E-state index contributed by atoms with van der Waals surface area (Å²) in [6.45, 7) is 7.13. The largest absolute Gasteiger partial charge is 0.399 e. The van der Waals surface area contributed by atoms with Crippen molar-refractivity contribution in [2.75, 3.05) is 31.3 Å². The predicted molar refractivity (Wildman–Crippen MR) is 77.0 cm³/mol. The fourth-order valence-electron chi connectivity index (χ4n) is 2.02. The average Bonchev–Trinajstić information content (AvgIpc) is 2.28. The molecule has 0 fully saturated rings. The van der Waals surface area contributed by atoms with Crippen LogP contribution >= 0.6 is 0 Å².